The van der Waals surface area contributed by atoms with Crippen molar-refractivity contribution in [3.8, 4) is 0 Å². The SMILES string of the molecule is O=C([O-])[C@@](O)(CO)C[C@@H](O)CO.[Na+]. The number of hydrogen-bond acceptors (Lipinski definition) is 6. The van der Waals surface area contributed by atoms with Crippen LogP contribution in [0.15, 0.2) is 0 Å². The van der Waals surface area contributed by atoms with E-state index >= 15 is 0 Å². The van der Waals surface area contributed by atoms with E-state index in [0.29, 0.717) is 0 Å². The Morgan fingerprint density at radius 3 is 2.15 bits per heavy atom. The number of carboxylic acid groups (broad SMARTS) is 1. The van der Waals surface area contributed by atoms with E-state index in [1.807, 2.05) is 0 Å². The first-order chi connectivity index (χ1) is 5.46. The number of carbonyl (C=O) groups excluding carboxylic acids is 1. The molecule has 0 unspecified atom stereocenters. The Morgan fingerprint density at radius 2 is 1.92 bits per heavy atom. The Kier molecular flexibility index (Phi) is 8.15. The van der Waals surface area contributed by atoms with Crippen LogP contribution in [-0.2, 0) is 4.79 Å². The molecule has 0 fully saturated rings. The summed E-state index contributed by atoms with van der Waals surface area (Å²) in [6, 6.07) is 0. The van der Waals surface area contributed by atoms with Crippen molar-refractivity contribution >= 4 is 5.97 Å². The quantitative estimate of drug-likeness (QED) is 0.329. The van der Waals surface area contributed by atoms with Crippen LogP contribution in [-0.4, -0.2) is 51.3 Å². The molecule has 0 aliphatic rings. The van der Waals surface area contributed by atoms with E-state index in [9.17, 15) is 9.90 Å². The number of hydrogen-bond donors (Lipinski definition) is 4. The van der Waals surface area contributed by atoms with Gasteiger partial charge in [0.15, 0.2) is 0 Å². The summed E-state index contributed by atoms with van der Waals surface area (Å²) in [5, 5.41) is 44.7. The van der Waals surface area contributed by atoms with E-state index < -0.39 is 37.3 Å². The third-order valence-electron chi connectivity index (χ3n) is 1.43. The van der Waals surface area contributed by atoms with Crippen molar-refractivity contribution < 1.29 is 59.9 Å². The Bertz CT molecular complexity index is 163. The number of carbonyl (C=O) groups is 1. The first-order valence-corrected chi connectivity index (χ1v) is 3.30. The molecule has 0 saturated heterocycles. The van der Waals surface area contributed by atoms with Gasteiger partial charge in [0, 0.05) is 6.42 Å². The van der Waals surface area contributed by atoms with Crippen molar-refractivity contribution in [1.29, 1.82) is 0 Å². The second-order valence-corrected chi connectivity index (χ2v) is 2.52. The van der Waals surface area contributed by atoms with Gasteiger partial charge in [0.25, 0.3) is 0 Å². The van der Waals surface area contributed by atoms with Crippen LogP contribution in [0.5, 0.6) is 0 Å². The van der Waals surface area contributed by atoms with E-state index in [1.165, 1.54) is 0 Å². The number of aliphatic hydroxyl groups excluding tert-OH is 3. The zero-order chi connectivity index (χ0) is 9.78. The molecule has 0 amide bonds. The summed E-state index contributed by atoms with van der Waals surface area (Å²) < 4.78 is 0. The summed E-state index contributed by atoms with van der Waals surface area (Å²) >= 11 is 0. The summed E-state index contributed by atoms with van der Waals surface area (Å²) in [6.07, 6.45) is -2.05. The minimum absolute atomic E-state index is 0. The van der Waals surface area contributed by atoms with Gasteiger partial charge in [-0.3, -0.25) is 0 Å². The van der Waals surface area contributed by atoms with Gasteiger partial charge in [-0.25, -0.2) is 0 Å². The van der Waals surface area contributed by atoms with E-state index in [1.54, 1.807) is 0 Å². The molecule has 6 nitrogen and oxygen atoms in total. The summed E-state index contributed by atoms with van der Waals surface area (Å²) in [6.45, 7) is -1.75. The largest absolute Gasteiger partial charge is 1.00 e. The summed E-state index contributed by atoms with van der Waals surface area (Å²) in [7, 11) is 0. The Hall–Kier alpha value is 0.310. The average Bonchev–Trinajstić information content (AvgIpc) is 2.03. The standard InChI is InChI=1S/C6H12O6.Na/c7-2-4(9)1-6(12,3-8)5(10)11;/h4,7-9,12H,1-3H2,(H,10,11);/q;+1/p-1/t4-,6+;/m1./s1. The number of aliphatic hydroxyl groups is 4. The molecule has 0 aliphatic carbocycles. The Labute approximate surface area is 97.1 Å². The molecule has 0 aromatic rings. The van der Waals surface area contributed by atoms with Gasteiger partial charge in [-0.1, -0.05) is 0 Å². The maximum Gasteiger partial charge on any atom is 1.00 e. The molecule has 0 rings (SSSR count). The van der Waals surface area contributed by atoms with E-state index in [4.69, 9.17) is 20.4 Å². The van der Waals surface area contributed by atoms with Gasteiger partial charge >= 0.3 is 29.6 Å². The average molecular weight is 202 g/mol. The Balaban J connectivity index is 0. The van der Waals surface area contributed by atoms with Crippen LogP contribution in [0.1, 0.15) is 6.42 Å². The van der Waals surface area contributed by atoms with Crippen LogP contribution >= 0.6 is 0 Å². The van der Waals surface area contributed by atoms with Crippen molar-refractivity contribution in [1.82, 2.24) is 0 Å². The molecule has 0 heterocycles. The van der Waals surface area contributed by atoms with Crippen molar-refractivity contribution in [2.75, 3.05) is 13.2 Å². The van der Waals surface area contributed by atoms with Crippen molar-refractivity contribution in [2.45, 2.75) is 18.1 Å². The van der Waals surface area contributed by atoms with Crippen LogP contribution in [0.25, 0.3) is 0 Å². The summed E-state index contributed by atoms with van der Waals surface area (Å²) in [5.74, 6) is -1.88. The second-order valence-electron chi connectivity index (χ2n) is 2.52. The van der Waals surface area contributed by atoms with Crippen LogP contribution in [0.2, 0.25) is 0 Å². The maximum absolute atomic E-state index is 10.2. The van der Waals surface area contributed by atoms with Gasteiger partial charge in [0.2, 0.25) is 0 Å². The third-order valence-corrected chi connectivity index (χ3v) is 1.43. The Morgan fingerprint density at radius 1 is 1.46 bits per heavy atom. The third kappa shape index (κ3) is 4.92. The second kappa shape index (κ2) is 6.72. The van der Waals surface area contributed by atoms with Crippen molar-refractivity contribution in [3.63, 3.8) is 0 Å². The molecule has 13 heavy (non-hydrogen) atoms. The molecule has 0 spiro atoms. The molecule has 72 valence electrons. The zero-order valence-corrected chi connectivity index (χ0v) is 9.30. The first-order valence-electron chi connectivity index (χ1n) is 3.30. The topological polar surface area (TPSA) is 121 Å². The number of carboxylic acids is 1. The molecule has 0 aromatic carbocycles. The molecular formula is C6H11NaO6. The zero-order valence-electron chi connectivity index (χ0n) is 7.30. The summed E-state index contributed by atoms with van der Waals surface area (Å²) in [5.41, 5.74) is -2.48. The van der Waals surface area contributed by atoms with Crippen LogP contribution < -0.4 is 34.7 Å². The molecule has 0 saturated carbocycles. The van der Waals surface area contributed by atoms with Crippen LogP contribution in [0.4, 0.5) is 0 Å². The fraction of sp³-hybridized carbons (Fsp3) is 0.833. The van der Waals surface area contributed by atoms with Gasteiger partial charge in [0.1, 0.15) is 5.60 Å². The van der Waals surface area contributed by atoms with Gasteiger partial charge in [0.05, 0.1) is 25.3 Å². The minimum Gasteiger partial charge on any atom is -0.547 e. The fourth-order valence-electron chi connectivity index (χ4n) is 0.667. The van der Waals surface area contributed by atoms with E-state index in [2.05, 4.69) is 0 Å². The molecular weight excluding hydrogens is 191 g/mol. The van der Waals surface area contributed by atoms with Gasteiger partial charge in [-0.15, -0.1) is 0 Å². The molecule has 7 heteroatoms. The van der Waals surface area contributed by atoms with Crippen LogP contribution in [0.3, 0.4) is 0 Å². The van der Waals surface area contributed by atoms with E-state index in [-0.39, 0.29) is 29.6 Å². The summed E-state index contributed by atoms with van der Waals surface area (Å²) in [4.78, 5) is 10.2. The predicted molar refractivity (Wildman–Crippen MR) is 34.8 cm³/mol. The smallest absolute Gasteiger partial charge is 0.547 e. The molecule has 0 aromatic heterocycles. The van der Waals surface area contributed by atoms with Gasteiger partial charge < -0.3 is 30.3 Å². The monoisotopic (exact) mass is 202 g/mol. The normalized spacial score (nSPS) is 16.9. The van der Waals surface area contributed by atoms with Crippen molar-refractivity contribution in [2.24, 2.45) is 0 Å². The van der Waals surface area contributed by atoms with Gasteiger partial charge in [-0.2, -0.15) is 0 Å². The number of rotatable bonds is 5. The predicted octanol–water partition coefficient (Wildman–Crippen LogP) is -6.79. The maximum atomic E-state index is 10.2. The first kappa shape index (κ1) is 15.8. The fourth-order valence-corrected chi connectivity index (χ4v) is 0.667. The molecule has 4 N–H and O–H groups in total. The molecule has 0 radical (unpaired) electrons. The minimum atomic E-state index is -2.48. The van der Waals surface area contributed by atoms with E-state index in [0.717, 1.165) is 0 Å². The van der Waals surface area contributed by atoms with Crippen LogP contribution in [0, 0.1) is 0 Å². The van der Waals surface area contributed by atoms with Gasteiger partial charge in [-0.05, 0) is 0 Å². The molecule has 2 atom stereocenters. The molecule has 0 aliphatic heterocycles. The molecule has 0 bridgehead atoms. The number of aliphatic carboxylic acids is 1. The van der Waals surface area contributed by atoms with Crippen molar-refractivity contribution in [3.05, 3.63) is 0 Å².